The first-order valence-electron chi connectivity index (χ1n) is 8.12. The van der Waals surface area contributed by atoms with Crippen LogP contribution in [0.5, 0.6) is 0 Å². The summed E-state index contributed by atoms with van der Waals surface area (Å²) in [5.41, 5.74) is 0. The Morgan fingerprint density at radius 1 is 0.810 bits per heavy atom. The van der Waals surface area contributed by atoms with Crippen LogP contribution < -0.4 is 0 Å². The van der Waals surface area contributed by atoms with Crippen molar-refractivity contribution in [3.8, 4) is 0 Å². The topological polar surface area (TPSA) is 72.8 Å². The van der Waals surface area contributed by atoms with Gasteiger partial charge < -0.3 is 14.6 Å². The molecular weight excluding hydrogens is 272 g/mol. The summed E-state index contributed by atoms with van der Waals surface area (Å²) in [5.74, 6) is -1.10. The Morgan fingerprint density at radius 3 is 2.19 bits per heavy atom. The predicted octanol–water partition coefficient (Wildman–Crippen LogP) is 3.55. The maximum atomic E-state index is 11.3. The Hall–Kier alpha value is -1.10. The molecule has 0 bridgehead atoms. The molecule has 0 aromatic rings. The molecule has 0 saturated carbocycles. The van der Waals surface area contributed by atoms with Gasteiger partial charge in [0.2, 0.25) is 0 Å². The molecule has 0 aliphatic carbocycles. The predicted molar refractivity (Wildman–Crippen MR) is 81.3 cm³/mol. The van der Waals surface area contributed by atoms with E-state index in [4.69, 9.17) is 14.6 Å². The summed E-state index contributed by atoms with van der Waals surface area (Å²) in [6.07, 6.45) is 8.86. The van der Waals surface area contributed by atoms with Gasteiger partial charge in [-0.2, -0.15) is 0 Å². The third kappa shape index (κ3) is 16.8. The normalized spacial score (nSPS) is 10.5. The number of aliphatic carboxylic acids is 1. The summed E-state index contributed by atoms with van der Waals surface area (Å²) in [4.78, 5) is 21.6. The molecule has 0 aliphatic rings. The van der Waals surface area contributed by atoms with Gasteiger partial charge in [0.05, 0.1) is 6.61 Å². The van der Waals surface area contributed by atoms with Crippen LogP contribution in [0.1, 0.15) is 71.1 Å². The van der Waals surface area contributed by atoms with Crippen molar-refractivity contribution in [3.63, 3.8) is 0 Å². The van der Waals surface area contributed by atoms with E-state index in [-0.39, 0.29) is 25.4 Å². The number of carbonyl (C=O) groups excluding carboxylic acids is 1. The van der Waals surface area contributed by atoms with Crippen LogP contribution in [0.15, 0.2) is 0 Å². The van der Waals surface area contributed by atoms with E-state index in [0.29, 0.717) is 19.4 Å². The molecule has 0 fully saturated rings. The average Bonchev–Trinajstić information content (AvgIpc) is 2.45. The largest absolute Gasteiger partial charge is 0.481 e. The van der Waals surface area contributed by atoms with E-state index >= 15 is 0 Å². The van der Waals surface area contributed by atoms with Crippen molar-refractivity contribution in [2.24, 2.45) is 0 Å². The Labute approximate surface area is 128 Å². The summed E-state index contributed by atoms with van der Waals surface area (Å²) >= 11 is 0. The zero-order valence-electron chi connectivity index (χ0n) is 13.3. The number of hydrogen-bond donors (Lipinski definition) is 1. The molecule has 0 saturated heterocycles. The molecule has 0 rings (SSSR count). The minimum Gasteiger partial charge on any atom is -0.481 e. The Morgan fingerprint density at radius 2 is 1.48 bits per heavy atom. The van der Waals surface area contributed by atoms with Gasteiger partial charge in [0.25, 0.3) is 0 Å². The Kier molecular flexibility index (Phi) is 14.5. The molecule has 21 heavy (non-hydrogen) atoms. The van der Waals surface area contributed by atoms with Crippen LogP contribution >= 0.6 is 0 Å². The lowest BCUT2D eigenvalue weighted by molar-refractivity contribution is -0.145. The van der Waals surface area contributed by atoms with E-state index in [2.05, 4.69) is 6.92 Å². The highest BCUT2D eigenvalue weighted by Gasteiger charge is 2.03. The number of ether oxygens (including phenoxy) is 2. The smallest absolute Gasteiger partial charge is 0.305 e. The van der Waals surface area contributed by atoms with Gasteiger partial charge in [-0.1, -0.05) is 39.0 Å². The number of carboxylic acid groups (broad SMARTS) is 1. The van der Waals surface area contributed by atoms with E-state index in [1.807, 2.05) is 0 Å². The van der Waals surface area contributed by atoms with Crippen molar-refractivity contribution in [2.75, 3.05) is 19.8 Å². The lowest BCUT2D eigenvalue weighted by Crippen LogP contribution is -2.11. The van der Waals surface area contributed by atoms with Gasteiger partial charge in [0.1, 0.15) is 6.61 Å². The fourth-order valence-electron chi connectivity index (χ4n) is 1.92. The zero-order valence-corrected chi connectivity index (χ0v) is 13.3. The van der Waals surface area contributed by atoms with Crippen LogP contribution in [0.25, 0.3) is 0 Å². The van der Waals surface area contributed by atoms with Crippen molar-refractivity contribution in [1.82, 2.24) is 0 Å². The van der Waals surface area contributed by atoms with E-state index in [1.165, 1.54) is 32.1 Å². The van der Waals surface area contributed by atoms with Crippen molar-refractivity contribution in [1.29, 1.82) is 0 Å². The zero-order chi connectivity index (χ0) is 15.8. The second-order valence-corrected chi connectivity index (χ2v) is 5.20. The minimum absolute atomic E-state index is 0.106. The van der Waals surface area contributed by atoms with Crippen molar-refractivity contribution >= 4 is 11.9 Å². The molecule has 5 nitrogen and oxygen atoms in total. The van der Waals surface area contributed by atoms with Crippen molar-refractivity contribution in [3.05, 3.63) is 0 Å². The third-order valence-electron chi connectivity index (χ3n) is 3.15. The highest BCUT2D eigenvalue weighted by molar-refractivity contribution is 5.69. The van der Waals surface area contributed by atoms with E-state index < -0.39 is 5.97 Å². The molecule has 1 N–H and O–H groups in total. The van der Waals surface area contributed by atoms with Gasteiger partial charge in [-0.25, -0.2) is 0 Å². The van der Waals surface area contributed by atoms with E-state index in [0.717, 1.165) is 13.0 Å². The Bertz CT molecular complexity index is 265. The second-order valence-electron chi connectivity index (χ2n) is 5.20. The van der Waals surface area contributed by atoms with Crippen molar-refractivity contribution in [2.45, 2.75) is 71.1 Å². The van der Waals surface area contributed by atoms with Crippen molar-refractivity contribution < 1.29 is 24.2 Å². The number of rotatable bonds is 15. The molecule has 5 heteroatoms. The SMILES string of the molecule is CCCCCCCCOCCOC(=O)CCCCC(=O)O. The summed E-state index contributed by atoms with van der Waals surface area (Å²) in [6, 6.07) is 0. The highest BCUT2D eigenvalue weighted by atomic mass is 16.6. The second kappa shape index (κ2) is 15.3. The monoisotopic (exact) mass is 302 g/mol. The molecule has 0 aromatic carbocycles. The van der Waals surface area contributed by atoms with Gasteiger partial charge >= 0.3 is 11.9 Å². The Balaban J connectivity index is 3.16. The first-order chi connectivity index (χ1) is 10.2. The summed E-state index contributed by atoms with van der Waals surface area (Å²) in [6.45, 7) is 3.66. The third-order valence-corrected chi connectivity index (χ3v) is 3.15. The average molecular weight is 302 g/mol. The fourth-order valence-corrected chi connectivity index (χ4v) is 1.92. The summed E-state index contributed by atoms with van der Waals surface area (Å²) < 4.78 is 10.4. The maximum Gasteiger partial charge on any atom is 0.305 e. The van der Waals surface area contributed by atoms with Gasteiger partial charge in [0.15, 0.2) is 0 Å². The van der Waals surface area contributed by atoms with Crippen LogP contribution in [-0.2, 0) is 19.1 Å². The maximum absolute atomic E-state index is 11.3. The number of unbranched alkanes of at least 4 members (excludes halogenated alkanes) is 6. The quantitative estimate of drug-likeness (QED) is 0.370. The fraction of sp³-hybridized carbons (Fsp3) is 0.875. The molecule has 124 valence electrons. The lowest BCUT2D eigenvalue weighted by Gasteiger charge is -2.06. The molecule has 0 atom stereocenters. The molecule has 0 amide bonds. The molecule has 0 spiro atoms. The molecule has 0 aromatic heterocycles. The van der Waals surface area contributed by atoms with E-state index in [1.54, 1.807) is 0 Å². The van der Waals surface area contributed by atoms with Gasteiger partial charge in [-0.15, -0.1) is 0 Å². The summed E-state index contributed by atoms with van der Waals surface area (Å²) in [5, 5.41) is 8.45. The number of hydrogen-bond acceptors (Lipinski definition) is 4. The van der Waals surface area contributed by atoms with Crippen LogP contribution in [0.2, 0.25) is 0 Å². The molecular formula is C16H30O5. The first kappa shape index (κ1) is 19.9. The summed E-state index contributed by atoms with van der Waals surface area (Å²) in [7, 11) is 0. The van der Waals surface area contributed by atoms with E-state index in [9.17, 15) is 9.59 Å². The van der Waals surface area contributed by atoms with Gasteiger partial charge in [0, 0.05) is 19.4 Å². The van der Waals surface area contributed by atoms with Gasteiger partial charge in [-0.05, 0) is 19.3 Å². The van der Waals surface area contributed by atoms with Crippen LogP contribution in [0, 0.1) is 0 Å². The number of carbonyl (C=O) groups is 2. The first-order valence-corrected chi connectivity index (χ1v) is 8.12. The lowest BCUT2D eigenvalue weighted by atomic mass is 10.1. The van der Waals surface area contributed by atoms with Crippen LogP contribution in [0.3, 0.4) is 0 Å². The standard InChI is InChI=1S/C16H30O5/c1-2-3-4-5-6-9-12-20-13-14-21-16(19)11-8-7-10-15(17)18/h2-14H2,1H3,(H,17,18). The van der Waals surface area contributed by atoms with Gasteiger partial charge in [-0.3, -0.25) is 9.59 Å². The molecule has 0 unspecified atom stereocenters. The van der Waals surface area contributed by atoms with Crippen LogP contribution in [0.4, 0.5) is 0 Å². The molecule has 0 heterocycles. The molecule has 0 radical (unpaired) electrons. The molecule has 0 aliphatic heterocycles. The van der Waals surface area contributed by atoms with Crippen LogP contribution in [-0.4, -0.2) is 36.9 Å². The number of esters is 1. The highest BCUT2D eigenvalue weighted by Crippen LogP contribution is 2.05. The number of carboxylic acids is 1. The minimum atomic E-state index is -0.827.